The molecule has 0 aromatic rings. The Morgan fingerprint density at radius 3 is 2.07 bits per heavy atom. The van der Waals surface area contributed by atoms with Crippen molar-refractivity contribution in [2.24, 2.45) is 5.92 Å². The lowest BCUT2D eigenvalue weighted by Crippen LogP contribution is -2.35. The summed E-state index contributed by atoms with van der Waals surface area (Å²) in [4.78, 5) is 0. The molecule has 1 saturated carbocycles. The van der Waals surface area contributed by atoms with Crippen LogP contribution in [-0.2, 0) is 0 Å². The molecule has 82 valence electrons. The molecule has 1 aliphatic heterocycles. The minimum absolute atomic E-state index is 0.871. The number of nitrogens with one attached hydrogen (secondary N) is 1. The van der Waals surface area contributed by atoms with E-state index in [-0.39, 0.29) is 0 Å². The van der Waals surface area contributed by atoms with Crippen molar-refractivity contribution in [3.05, 3.63) is 0 Å². The van der Waals surface area contributed by atoms with Crippen LogP contribution >= 0.6 is 0 Å². The van der Waals surface area contributed by atoms with Gasteiger partial charge in [-0.25, -0.2) is 0 Å². The normalized spacial score (nSPS) is 32.1. The van der Waals surface area contributed by atoms with E-state index in [9.17, 15) is 0 Å². The van der Waals surface area contributed by atoms with Crippen molar-refractivity contribution in [2.75, 3.05) is 6.54 Å². The Bertz CT molecular complexity index is 121. The van der Waals surface area contributed by atoms with Gasteiger partial charge in [0.2, 0.25) is 0 Å². The zero-order valence-corrected chi connectivity index (χ0v) is 9.43. The van der Waals surface area contributed by atoms with Crippen molar-refractivity contribution in [3.63, 3.8) is 0 Å². The Kier molecular flexibility index (Phi) is 4.30. The van der Waals surface area contributed by atoms with Gasteiger partial charge in [0, 0.05) is 6.04 Å². The summed E-state index contributed by atoms with van der Waals surface area (Å²) >= 11 is 0. The van der Waals surface area contributed by atoms with Gasteiger partial charge in [-0.1, -0.05) is 38.5 Å². The molecule has 14 heavy (non-hydrogen) atoms. The van der Waals surface area contributed by atoms with Crippen LogP contribution < -0.4 is 5.32 Å². The van der Waals surface area contributed by atoms with Gasteiger partial charge in [-0.3, -0.25) is 0 Å². The largest absolute Gasteiger partial charge is 0.314 e. The molecule has 1 saturated heterocycles. The summed E-state index contributed by atoms with van der Waals surface area (Å²) in [6.45, 7) is 1.28. The van der Waals surface area contributed by atoms with Crippen molar-refractivity contribution in [1.82, 2.24) is 5.32 Å². The fraction of sp³-hybridized carbons (Fsp3) is 1.00. The molecule has 0 aromatic heterocycles. The van der Waals surface area contributed by atoms with Gasteiger partial charge in [-0.05, 0) is 38.1 Å². The second-order valence-corrected chi connectivity index (χ2v) is 5.16. The van der Waals surface area contributed by atoms with Crippen LogP contribution in [0.5, 0.6) is 0 Å². The minimum atomic E-state index is 0.871. The predicted molar refractivity (Wildman–Crippen MR) is 61.5 cm³/mol. The van der Waals surface area contributed by atoms with Crippen LogP contribution in [0.4, 0.5) is 0 Å². The predicted octanol–water partition coefficient (Wildman–Crippen LogP) is 3.49. The molecule has 1 aliphatic carbocycles. The fourth-order valence-electron chi connectivity index (χ4n) is 3.17. The van der Waals surface area contributed by atoms with Crippen molar-refractivity contribution < 1.29 is 0 Å². The molecular weight excluding hydrogens is 170 g/mol. The third-order valence-electron chi connectivity index (χ3n) is 4.07. The van der Waals surface area contributed by atoms with E-state index in [1.54, 1.807) is 0 Å². The molecule has 1 heterocycles. The van der Waals surface area contributed by atoms with E-state index in [0.29, 0.717) is 0 Å². The van der Waals surface area contributed by atoms with Gasteiger partial charge >= 0.3 is 0 Å². The Hall–Kier alpha value is -0.0400. The lowest BCUT2D eigenvalue weighted by molar-refractivity contribution is 0.314. The molecule has 0 spiro atoms. The second kappa shape index (κ2) is 5.75. The summed E-state index contributed by atoms with van der Waals surface area (Å²) in [6, 6.07) is 0.871. The fourth-order valence-corrected chi connectivity index (χ4v) is 3.17. The first kappa shape index (κ1) is 10.5. The molecule has 0 aromatic carbocycles. The van der Waals surface area contributed by atoms with Crippen LogP contribution in [0.2, 0.25) is 0 Å². The lowest BCUT2D eigenvalue weighted by atomic mass is 9.89. The van der Waals surface area contributed by atoms with Gasteiger partial charge in [-0.15, -0.1) is 0 Å². The summed E-state index contributed by atoms with van der Waals surface area (Å²) in [5.41, 5.74) is 0. The summed E-state index contributed by atoms with van der Waals surface area (Å²) in [5, 5.41) is 3.78. The van der Waals surface area contributed by atoms with E-state index in [1.807, 2.05) is 0 Å². The first-order valence-corrected chi connectivity index (χ1v) is 6.70. The molecule has 0 bridgehead atoms. The second-order valence-electron chi connectivity index (χ2n) is 5.16. The van der Waals surface area contributed by atoms with Crippen LogP contribution in [0.25, 0.3) is 0 Å². The molecule has 1 N–H and O–H groups in total. The van der Waals surface area contributed by atoms with Gasteiger partial charge in [-0.2, -0.15) is 0 Å². The maximum absolute atomic E-state index is 3.78. The van der Waals surface area contributed by atoms with Crippen molar-refractivity contribution in [1.29, 1.82) is 0 Å². The standard InChI is InChI=1S/C13H25N/c1-2-5-9-12(8-4-1)13-10-6-3-7-11-14-13/h12-14H,1-11H2. The van der Waals surface area contributed by atoms with Gasteiger partial charge < -0.3 is 5.32 Å². The molecule has 2 aliphatic rings. The quantitative estimate of drug-likeness (QED) is 0.632. The number of rotatable bonds is 1. The maximum atomic E-state index is 3.78. The highest BCUT2D eigenvalue weighted by molar-refractivity contribution is 4.80. The lowest BCUT2D eigenvalue weighted by Gasteiger charge is -2.25. The number of hydrogen-bond acceptors (Lipinski definition) is 1. The van der Waals surface area contributed by atoms with Gasteiger partial charge in [0.1, 0.15) is 0 Å². The average Bonchev–Trinajstić information content (AvgIpc) is 2.62. The average molecular weight is 195 g/mol. The van der Waals surface area contributed by atoms with E-state index in [2.05, 4.69) is 5.32 Å². The summed E-state index contributed by atoms with van der Waals surface area (Å²) in [7, 11) is 0. The van der Waals surface area contributed by atoms with Gasteiger partial charge in [0.05, 0.1) is 0 Å². The van der Waals surface area contributed by atoms with Crippen LogP contribution in [-0.4, -0.2) is 12.6 Å². The Morgan fingerprint density at radius 2 is 1.29 bits per heavy atom. The Morgan fingerprint density at radius 1 is 0.643 bits per heavy atom. The van der Waals surface area contributed by atoms with E-state index >= 15 is 0 Å². The first-order valence-electron chi connectivity index (χ1n) is 6.70. The van der Waals surface area contributed by atoms with Crippen molar-refractivity contribution >= 4 is 0 Å². The van der Waals surface area contributed by atoms with Gasteiger partial charge in [0.25, 0.3) is 0 Å². The van der Waals surface area contributed by atoms with Crippen molar-refractivity contribution in [3.8, 4) is 0 Å². The summed E-state index contributed by atoms with van der Waals surface area (Å²) in [5.74, 6) is 1.01. The van der Waals surface area contributed by atoms with Crippen molar-refractivity contribution in [2.45, 2.75) is 70.3 Å². The summed E-state index contributed by atoms with van der Waals surface area (Å²) < 4.78 is 0. The van der Waals surface area contributed by atoms with Crippen LogP contribution in [0.3, 0.4) is 0 Å². The molecule has 1 nitrogen and oxygen atoms in total. The molecule has 2 fully saturated rings. The molecule has 1 unspecified atom stereocenters. The third kappa shape index (κ3) is 2.98. The third-order valence-corrected chi connectivity index (χ3v) is 4.07. The molecule has 1 atom stereocenters. The van der Waals surface area contributed by atoms with Crippen LogP contribution in [0.1, 0.15) is 64.2 Å². The molecule has 0 amide bonds. The van der Waals surface area contributed by atoms with Crippen LogP contribution in [0, 0.1) is 5.92 Å². The van der Waals surface area contributed by atoms with E-state index < -0.39 is 0 Å². The monoisotopic (exact) mass is 195 g/mol. The SMILES string of the molecule is C1CCCC(C2CCCCCN2)CC1. The smallest absolute Gasteiger partial charge is 0.00953 e. The molecule has 2 rings (SSSR count). The topological polar surface area (TPSA) is 12.0 Å². The highest BCUT2D eigenvalue weighted by Crippen LogP contribution is 2.28. The highest BCUT2D eigenvalue weighted by atomic mass is 14.9. The molecular formula is C13H25N. The number of hydrogen-bond donors (Lipinski definition) is 1. The molecule has 1 heteroatoms. The zero-order chi connectivity index (χ0) is 9.64. The van der Waals surface area contributed by atoms with E-state index in [0.717, 1.165) is 12.0 Å². The first-order chi connectivity index (χ1) is 6.97. The highest BCUT2D eigenvalue weighted by Gasteiger charge is 2.22. The zero-order valence-electron chi connectivity index (χ0n) is 9.43. The summed E-state index contributed by atoms with van der Waals surface area (Å²) in [6.07, 6.45) is 14.7. The van der Waals surface area contributed by atoms with Gasteiger partial charge in [0.15, 0.2) is 0 Å². The van der Waals surface area contributed by atoms with E-state index in [4.69, 9.17) is 0 Å². The Labute approximate surface area is 88.7 Å². The van der Waals surface area contributed by atoms with Crippen LogP contribution in [0.15, 0.2) is 0 Å². The Balaban J connectivity index is 1.83. The van der Waals surface area contributed by atoms with E-state index in [1.165, 1.54) is 70.8 Å². The maximum Gasteiger partial charge on any atom is 0.00953 e. The minimum Gasteiger partial charge on any atom is -0.314 e. The molecule has 0 radical (unpaired) electrons.